The van der Waals surface area contributed by atoms with Crippen molar-refractivity contribution in [2.75, 3.05) is 13.2 Å². The molecule has 0 bridgehead atoms. The van der Waals surface area contributed by atoms with E-state index in [2.05, 4.69) is 23.7 Å². The SMILES string of the molecule is CC1CC2(CCO1)NCCc1sccc12. The van der Waals surface area contributed by atoms with Gasteiger partial charge in [0.05, 0.1) is 6.10 Å². The van der Waals surface area contributed by atoms with Gasteiger partial charge in [-0.3, -0.25) is 0 Å². The van der Waals surface area contributed by atoms with Crippen LogP contribution in [0.2, 0.25) is 0 Å². The van der Waals surface area contributed by atoms with Gasteiger partial charge < -0.3 is 10.1 Å². The summed E-state index contributed by atoms with van der Waals surface area (Å²) in [7, 11) is 0. The van der Waals surface area contributed by atoms with Crippen LogP contribution >= 0.6 is 11.3 Å². The van der Waals surface area contributed by atoms with Gasteiger partial charge in [0.2, 0.25) is 0 Å². The van der Waals surface area contributed by atoms with Gasteiger partial charge in [-0.25, -0.2) is 0 Å². The largest absolute Gasteiger partial charge is 0.378 e. The van der Waals surface area contributed by atoms with E-state index in [9.17, 15) is 0 Å². The van der Waals surface area contributed by atoms with Crippen LogP contribution in [0.25, 0.3) is 0 Å². The van der Waals surface area contributed by atoms with E-state index in [1.165, 1.54) is 6.42 Å². The number of hydrogen-bond donors (Lipinski definition) is 1. The molecule has 15 heavy (non-hydrogen) atoms. The van der Waals surface area contributed by atoms with E-state index in [-0.39, 0.29) is 5.54 Å². The average Bonchev–Trinajstić information content (AvgIpc) is 2.67. The topological polar surface area (TPSA) is 21.3 Å². The minimum Gasteiger partial charge on any atom is -0.378 e. The highest BCUT2D eigenvalue weighted by Crippen LogP contribution is 2.40. The zero-order valence-electron chi connectivity index (χ0n) is 9.08. The van der Waals surface area contributed by atoms with Crippen LogP contribution in [0.5, 0.6) is 0 Å². The van der Waals surface area contributed by atoms with E-state index in [1.807, 2.05) is 11.3 Å². The summed E-state index contributed by atoms with van der Waals surface area (Å²) in [4.78, 5) is 1.59. The summed E-state index contributed by atoms with van der Waals surface area (Å²) in [5.74, 6) is 0. The Labute approximate surface area is 94.6 Å². The second-order valence-electron chi connectivity index (χ2n) is 4.65. The first-order chi connectivity index (χ1) is 7.30. The fraction of sp³-hybridized carbons (Fsp3) is 0.667. The molecule has 2 atom stereocenters. The molecule has 0 amide bonds. The second kappa shape index (κ2) is 3.58. The first-order valence-corrected chi connectivity index (χ1v) is 6.62. The Kier molecular flexibility index (Phi) is 2.34. The van der Waals surface area contributed by atoms with Gasteiger partial charge >= 0.3 is 0 Å². The van der Waals surface area contributed by atoms with Crippen LogP contribution in [0.1, 0.15) is 30.2 Å². The zero-order valence-corrected chi connectivity index (χ0v) is 9.90. The molecule has 0 aliphatic carbocycles. The van der Waals surface area contributed by atoms with E-state index in [0.29, 0.717) is 6.10 Å². The van der Waals surface area contributed by atoms with Crippen molar-refractivity contribution in [3.63, 3.8) is 0 Å². The molecule has 1 N–H and O–H groups in total. The summed E-state index contributed by atoms with van der Waals surface area (Å²) >= 11 is 1.91. The summed E-state index contributed by atoms with van der Waals surface area (Å²) < 4.78 is 5.66. The van der Waals surface area contributed by atoms with Crippen LogP contribution in [-0.4, -0.2) is 19.3 Å². The molecule has 1 aromatic rings. The molecule has 3 heteroatoms. The van der Waals surface area contributed by atoms with Crippen molar-refractivity contribution in [2.45, 2.75) is 37.8 Å². The van der Waals surface area contributed by atoms with Crippen molar-refractivity contribution >= 4 is 11.3 Å². The molecule has 2 aliphatic heterocycles. The van der Waals surface area contributed by atoms with Crippen molar-refractivity contribution in [3.05, 3.63) is 21.9 Å². The molecule has 82 valence electrons. The summed E-state index contributed by atoms with van der Waals surface area (Å²) in [5.41, 5.74) is 1.78. The maximum Gasteiger partial charge on any atom is 0.0567 e. The van der Waals surface area contributed by atoms with Gasteiger partial charge in [0.25, 0.3) is 0 Å². The lowest BCUT2D eigenvalue weighted by Crippen LogP contribution is -2.51. The number of fused-ring (bicyclic) bond motifs is 2. The summed E-state index contributed by atoms with van der Waals surface area (Å²) in [6, 6.07) is 2.31. The van der Waals surface area contributed by atoms with Crippen LogP contribution in [-0.2, 0) is 16.7 Å². The van der Waals surface area contributed by atoms with Crippen LogP contribution in [0, 0.1) is 0 Å². The number of rotatable bonds is 0. The van der Waals surface area contributed by atoms with Crippen molar-refractivity contribution in [3.8, 4) is 0 Å². The minimum absolute atomic E-state index is 0.227. The third kappa shape index (κ3) is 1.53. The first kappa shape index (κ1) is 9.82. The highest BCUT2D eigenvalue weighted by Gasteiger charge is 2.40. The van der Waals surface area contributed by atoms with E-state index >= 15 is 0 Å². The molecule has 2 nitrogen and oxygen atoms in total. The maximum absolute atomic E-state index is 5.66. The fourth-order valence-corrected chi connectivity index (χ4v) is 3.94. The molecule has 1 saturated heterocycles. The van der Waals surface area contributed by atoms with Crippen molar-refractivity contribution in [1.29, 1.82) is 0 Å². The van der Waals surface area contributed by atoms with Crippen molar-refractivity contribution in [2.24, 2.45) is 0 Å². The number of hydrogen-bond acceptors (Lipinski definition) is 3. The van der Waals surface area contributed by atoms with Crippen LogP contribution < -0.4 is 5.32 Å². The van der Waals surface area contributed by atoms with Crippen molar-refractivity contribution < 1.29 is 4.74 Å². The average molecular weight is 223 g/mol. The van der Waals surface area contributed by atoms with Gasteiger partial charge in [-0.15, -0.1) is 11.3 Å². The Bertz CT molecular complexity index is 362. The third-order valence-electron chi connectivity index (χ3n) is 3.64. The number of nitrogens with one attached hydrogen (secondary N) is 1. The van der Waals surface area contributed by atoms with Crippen molar-refractivity contribution in [1.82, 2.24) is 5.32 Å². The molecule has 3 rings (SSSR count). The first-order valence-electron chi connectivity index (χ1n) is 5.74. The van der Waals surface area contributed by atoms with Gasteiger partial charge in [-0.1, -0.05) is 0 Å². The monoisotopic (exact) mass is 223 g/mol. The Morgan fingerprint density at radius 3 is 3.40 bits per heavy atom. The highest BCUT2D eigenvalue weighted by molar-refractivity contribution is 7.10. The smallest absolute Gasteiger partial charge is 0.0567 e. The minimum atomic E-state index is 0.227. The second-order valence-corrected chi connectivity index (χ2v) is 5.65. The standard InChI is InChI=1S/C12H17NOS/c1-9-8-12(4-6-14-9)10-3-7-15-11(10)2-5-13-12/h3,7,9,13H,2,4-6,8H2,1H3. The number of thiophene rings is 1. The molecule has 0 radical (unpaired) electrons. The molecule has 2 unspecified atom stereocenters. The molecule has 3 heterocycles. The van der Waals surface area contributed by atoms with Crippen LogP contribution in [0.4, 0.5) is 0 Å². The zero-order chi connectivity index (χ0) is 10.3. The Morgan fingerprint density at radius 2 is 2.53 bits per heavy atom. The number of ether oxygens (including phenoxy) is 1. The predicted octanol–water partition coefficient (Wildman–Crippen LogP) is 2.29. The summed E-state index contributed by atoms with van der Waals surface area (Å²) in [6.45, 7) is 4.20. The van der Waals surface area contributed by atoms with E-state index in [0.717, 1.165) is 26.0 Å². The Hall–Kier alpha value is -0.380. The Morgan fingerprint density at radius 1 is 1.60 bits per heavy atom. The molecular formula is C12H17NOS. The lowest BCUT2D eigenvalue weighted by atomic mass is 9.78. The molecule has 1 aromatic heterocycles. The van der Waals surface area contributed by atoms with Gasteiger partial charge in [-0.2, -0.15) is 0 Å². The highest BCUT2D eigenvalue weighted by atomic mass is 32.1. The van der Waals surface area contributed by atoms with E-state index in [1.54, 1.807) is 10.4 Å². The van der Waals surface area contributed by atoms with Gasteiger partial charge in [0.15, 0.2) is 0 Å². The van der Waals surface area contributed by atoms with E-state index < -0.39 is 0 Å². The van der Waals surface area contributed by atoms with Gasteiger partial charge in [0.1, 0.15) is 0 Å². The quantitative estimate of drug-likeness (QED) is 0.728. The van der Waals surface area contributed by atoms with Crippen LogP contribution in [0.15, 0.2) is 11.4 Å². The van der Waals surface area contributed by atoms with Crippen LogP contribution in [0.3, 0.4) is 0 Å². The maximum atomic E-state index is 5.66. The molecule has 2 aliphatic rings. The summed E-state index contributed by atoms with van der Waals surface area (Å²) in [5, 5.41) is 5.97. The van der Waals surface area contributed by atoms with E-state index in [4.69, 9.17) is 4.74 Å². The van der Waals surface area contributed by atoms with Gasteiger partial charge in [0, 0.05) is 23.6 Å². The van der Waals surface area contributed by atoms with Gasteiger partial charge in [-0.05, 0) is 43.2 Å². The molecule has 0 aromatic carbocycles. The lowest BCUT2D eigenvalue weighted by molar-refractivity contribution is -0.0222. The molecule has 1 spiro atoms. The third-order valence-corrected chi connectivity index (χ3v) is 4.62. The molecular weight excluding hydrogens is 206 g/mol. The summed E-state index contributed by atoms with van der Waals surface area (Å²) in [6.07, 6.45) is 3.83. The molecule has 0 saturated carbocycles. The Balaban J connectivity index is 1.99. The lowest BCUT2D eigenvalue weighted by Gasteiger charge is -2.43. The predicted molar refractivity (Wildman–Crippen MR) is 62.4 cm³/mol. The normalized spacial score (nSPS) is 35.4. The fourth-order valence-electron chi connectivity index (χ4n) is 2.96. The molecule has 1 fully saturated rings.